The van der Waals surface area contributed by atoms with E-state index in [1.165, 1.54) is 0 Å². The standard InChI is InChI=1S/C15H30N2O2/c1-8-15(6)14(18)17(13(16-15)11(4)5)12(9-19-7)10(2)3/h10-13,16H,8-9H2,1-7H3. The van der Waals surface area contributed by atoms with Crippen molar-refractivity contribution in [1.82, 2.24) is 10.2 Å². The lowest BCUT2D eigenvalue weighted by molar-refractivity contribution is -0.138. The highest BCUT2D eigenvalue weighted by molar-refractivity contribution is 5.88. The number of nitrogens with one attached hydrogen (secondary N) is 1. The largest absolute Gasteiger partial charge is 0.383 e. The van der Waals surface area contributed by atoms with Gasteiger partial charge in [-0.3, -0.25) is 10.1 Å². The number of amides is 1. The third-order valence-corrected chi connectivity index (χ3v) is 4.28. The van der Waals surface area contributed by atoms with Crippen molar-refractivity contribution in [3.63, 3.8) is 0 Å². The normalized spacial score (nSPS) is 29.6. The van der Waals surface area contributed by atoms with E-state index in [1.54, 1.807) is 7.11 Å². The summed E-state index contributed by atoms with van der Waals surface area (Å²) in [5, 5.41) is 3.53. The van der Waals surface area contributed by atoms with Gasteiger partial charge in [0.25, 0.3) is 0 Å². The van der Waals surface area contributed by atoms with Gasteiger partial charge >= 0.3 is 0 Å². The predicted octanol–water partition coefficient (Wildman–Crippen LogP) is 2.24. The van der Waals surface area contributed by atoms with Crippen molar-refractivity contribution in [2.24, 2.45) is 11.8 Å². The molecule has 4 nitrogen and oxygen atoms in total. The molecule has 0 aromatic carbocycles. The maximum Gasteiger partial charge on any atom is 0.244 e. The lowest BCUT2D eigenvalue weighted by Crippen LogP contribution is -2.51. The summed E-state index contributed by atoms with van der Waals surface area (Å²) in [7, 11) is 1.70. The number of carbonyl (C=O) groups excluding carboxylic acids is 1. The highest BCUT2D eigenvalue weighted by atomic mass is 16.5. The average Bonchev–Trinajstić information content (AvgIpc) is 2.60. The molecule has 1 heterocycles. The van der Waals surface area contributed by atoms with Crippen molar-refractivity contribution in [2.75, 3.05) is 13.7 Å². The first-order valence-electron chi connectivity index (χ1n) is 7.37. The molecule has 19 heavy (non-hydrogen) atoms. The minimum atomic E-state index is -0.435. The van der Waals surface area contributed by atoms with Crippen molar-refractivity contribution < 1.29 is 9.53 Å². The van der Waals surface area contributed by atoms with E-state index in [4.69, 9.17) is 4.74 Å². The SMILES string of the molecule is CCC1(C)NC(C(C)C)N(C(COC)C(C)C)C1=O. The van der Waals surface area contributed by atoms with Crippen LogP contribution in [0.25, 0.3) is 0 Å². The second kappa shape index (κ2) is 6.23. The molecule has 3 unspecified atom stereocenters. The molecule has 112 valence electrons. The first-order valence-corrected chi connectivity index (χ1v) is 7.37. The van der Waals surface area contributed by atoms with E-state index >= 15 is 0 Å². The number of ether oxygens (including phenoxy) is 1. The second-order valence-corrected chi connectivity index (χ2v) is 6.50. The summed E-state index contributed by atoms with van der Waals surface area (Å²) in [6.07, 6.45) is 0.906. The number of carbonyl (C=O) groups is 1. The minimum Gasteiger partial charge on any atom is -0.383 e. The average molecular weight is 270 g/mol. The summed E-state index contributed by atoms with van der Waals surface area (Å²) in [5.41, 5.74) is -0.435. The van der Waals surface area contributed by atoms with Crippen molar-refractivity contribution in [3.8, 4) is 0 Å². The van der Waals surface area contributed by atoms with Crippen LogP contribution in [0.3, 0.4) is 0 Å². The van der Waals surface area contributed by atoms with Crippen LogP contribution in [0, 0.1) is 11.8 Å². The third kappa shape index (κ3) is 3.11. The van der Waals surface area contributed by atoms with Crippen molar-refractivity contribution >= 4 is 5.91 Å². The van der Waals surface area contributed by atoms with E-state index in [2.05, 4.69) is 39.9 Å². The Kier molecular flexibility index (Phi) is 5.39. The summed E-state index contributed by atoms with van der Waals surface area (Å²) < 4.78 is 5.33. The van der Waals surface area contributed by atoms with Gasteiger partial charge in [0.15, 0.2) is 0 Å². The van der Waals surface area contributed by atoms with Gasteiger partial charge in [-0.15, -0.1) is 0 Å². The maximum atomic E-state index is 12.8. The van der Waals surface area contributed by atoms with E-state index < -0.39 is 5.54 Å². The van der Waals surface area contributed by atoms with E-state index in [9.17, 15) is 4.79 Å². The molecule has 1 rings (SSSR count). The number of nitrogens with zero attached hydrogens (tertiary/aromatic N) is 1. The molecule has 1 aliphatic heterocycles. The molecule has 1 fully saturated rings. The fraction of sp³-hybridized carbons (Fsp3) is 0.933. The number of rotatable bonds is 6. The monoisotopic (exact) mass is 270 g/mol. The summed E-state index contributed by atoms with van der Waals surface area (Å²) in [6.45, 7) is 13.3. The minimum absolute atomic E-state index is 0.0972. The molecular formula is C15H30N2O2. The summed E-state index contributed by atoms with van der Waals surface area (Å²) >= 11 is 0. The van der Waals surface area contributed by atoms with Crippen LogP contribution in [0.1, 0.15) is 48.0 Å². The molecule has 0 radical (unpaired) electrons. The molecule has 3 atom stereocenters. The fourth-order valence-corrected chi connectivity index (χ4v) is 2.73. The Labute approximate surface area is 117 Å². The molecule has 0 aliphatic carbocycles. The lowest BCUT2D eigenvalue weighted by atomic mass is 9.97. The topological polar surface area (TPSA) is 41.6 Å². The highest BCUT2D eigenvalue weighted by Gasteiger charge is 2.50. The summed E-state index contributed by atoms with van der Waals surface area (Å²) in [5.74, 6) is 0.978. The molecule has 4 heteroatoms. The number of methoxy groups -OCH3 is 1. The predicted molar refractivity (Wildman–Crippen MR) is 77.8 cm³/mol. The van der Waals surface area contributed by atoms with Crippen molar-refractivity contribution in [2.45, 2.75) is 65.7 Å². The van der Waals surface area contributed by atoms with E-state index in [0.29, 0.717) is 18.4 Å². The van der Waals surface area contributed by atoms with Gasteiger partial charge < -0.3 is 9.64 Å². The molecule has 0 aromatic rings. The Morgan fingerprint density at radius 3 is 2.32 bits per heavy atom. The Morgan fingerprint density at radius 1 is 1.37 bits per heavy atom. The lowest BCUT2D eigenvalue weighted by Gasteiger charge is -2.36. The van der Waals surface area contributed by atoms with Crippen LogP contribution < -0.4 is 5.32 Å². The fourth-order valence-electron chi connectivity index (χ4n) is 2.73. The smallest absolute Gasteiger partial charge is 0.244 e. The van der Waals surface area contributed by atoms with Gasteiger partial charge in [-0.2, -0.15) is 0 Å². The Morgan fingerprint density at radius 2 is 1.95 bits per heavy atom. The molecule has 0 bridgehead atoms. The molecule has 1 saturated heterocycles. The van der Waals surface area contributed by atoms with Gasteiger partial charge in [-0.1, -0.05) is 34.6 Å². The highest BCUT2D eigenvalue weighted by Crippen LogP contribution is 2.31. The third-order valence-electron chi connectivity index (χ3n) is 4.28. The van der Waals surface area contributed by atoms with Crippen LogP contribution in [0.4, 0.5) is 0 Å². The molecule has 0 aromatic heterocycles. The van der Waals surface area contributed by atoms with Gasteiger partial charge in [0.1, 0.15) is 0 Å². The summed E-state index contributed by atoms with van der Waals surface area (Å²) in [4.78, 5) is 14.8. The van der Waals surface area contributed by atoms with E-state index in [0.717, 1.165) is 6.42 Å². The zero-order chi connectivity index (χ0) is 14.8. The van der Waals surface area contributed by atoms with Crippen molar-refractivity contribution in [1.29, 1.82) is 0 Å². The Balaban J connectivity index is 3.08. The van der Waals surface area contributed by atoms with Crippen LogP contribution in [-0.2, 0) is 9.53 Å². The van der Waals surface area contributed by atoms with Gasteiger partial charge in [0.2, 0.25) is 5.91 Å². The zero-order valence-electron chi connectivity index (χ0n) is 13.5. The number of hydrogen-bond acceptors (Lipinski definition) is 3. The van der Waals surface area contributed by atoms with Gasteiger partial charge in [0.05, 0.1) is 24.4 Å². The molecule has 0 spiro atoms. The Bertz CT molecular complexity index is 307. The van der Waals surface area contributed by atoms with Crippen molar-refractivity contribution in [3.05, 3.63) is 0 Å². The molecule has 1 N–H and O–H groups in total. The molecule has 1 amide bonds. The van der Waals surface area contributed by atoms with Crippen LogP contribution in [-0.4, -0.2) is 42.3 Å². The molecule has 0 saturated carbocycles. The van der Waals surface area contributed by atoms with E-state index in [1.807, 2.05) is 11.8 Å². The van der Waals surface area contributed by atoms with Gasteiger partial charge in [-0.25, -0.2) is 0 Å². The maximum absolute atomic E-state index is 12.8. The first-order chi connectivity index (χ1) is 8.78. The van der Waals surface area contributed by atoms with Crippen LogP contribution in [0.2, 0.25) is 0 Å². The van der Waals surface area contributed by atoms with Crippen LogP contribution >= 0.6 is 0 Å². The van der Waals surface area contributed by atoms with E-state index in [-0.39, 0.29) is 18.1 Å². The van der Waals surface area contributed by atoms with Crippen LogP contribution in [0.5, 0.6) is 0 Å². The second-order valence-electron chi connectivity index (χ2n) is 6.50. The quantitative estimate of drug-likeness (QED) is 0.805. The first kappa shape index (κ1) is 16.4. The zero-order valence-corrected chi connectivity index (χ0v) is 13.5. The molecule has 1 aliphatic rings. The summed E-state index contributed by atoms with van der Waals surface area (Å²) in [6, 6.07) is 0.130. The van der Waals surface area contributed by atoms with Gasteiger partial charge in [0, 0.05) is 7.11 Å². The Hall–Kier alpha value is -0.610. The van der Waals surface area contributed by atoms with Crippen LogP contribution in [0.15, 0.2) is 0 Å². The molecular weight excluding hydrogens is 240 g/mol. The number of hydrogen-bond donors (Lipinski definition) is 1. The van der Waals surface area contributed by atoms with Gasteiger partial charge in [-0.05, 0) is 25.2 Å².